The Morgan fingerprint density at radius 2 is 2.21 bits per heavy atom. The number of aromatic hydroxyl groups is 1. The molecule has 0 radical (unpaired) electrons. The van der Waals surface area contributed by atoms with E-state index in [2.05, 4.69) is 16.8 Å². The molecule has 0 aliphatic rings. The summed E-state index contributed by atoms with van der Waals surface area (Å²) in [6.07, 6.45) is 3.70. The van der Waals surface area contributed by atoms with E-state index in [4.69, 9.17) is 16.2 Å². The molecule has 0 aliphatic carbocycles. The van der Waals surface area contributed by atoms with Crippen molar-refractivity contribution in [1.82, 2.24) is 0 Å². The summed E-state index contributed by atoms with van der Waals surface area (Å²) in [5, 5.41) is 17.2. The molecule has 0 saturated carbocycles. The Labute approximate surface area is 112 Å². The highest BCUT2D eigenvalue weighted by Gasteiger charge is 2.09. The lowest BCUT2D eigenvalue weighted by atomic mass is 10.1. The predicted molar refractivity (Wildman–Crippen MR) is 76.6 cm³/mol. The Kier molecular flexibility index (Phi) is 5.40. The van der Waals surface area contributed by atoms with Crippen molar-refractivity contribution in [3.8, 4) is 11.5 Å². The molecule has 19 heavy (non-hydrogen) atoms. The first-order valence-electron chi connectivity index (χ1n) is 5.80. The number of nitrogens with two attached hydrogens (primary N) is 2. The van der Waals surface area contributed by atoms with Gasteiger partial charge in [0.15, 0.2) is 11.5 Å². The molecule has 0 aromatic heterocycles. The third-order valence-electron chi connectivity index (χ3n) is 2.22. The van der Waals surface area contributed by atoms with Gasteiger partial charge in [-0.2, -0.15) is 5.10 Å². The Balaban J connectivity index is 3.14. The Morgan fingerprint density at radius 1 is 1.47 bits per heavy atom. The zero-order valence-electron chi connectivity index (χ0n) is 10.8. The fraction of sp³-hybridized carbons (Fsp3) is 0.231. The first-order valence-corrected chi connectivity index (χ1v) is 5.80. The lowest BCUT2D eigenvalue weighted by Crippen LogP contribution is -2.21. The number of guanidine groups is 1. The molecule has 102 valence electrons. The van der Waals surface area contributed by atoms with Crippen LogP contribution in [0.15, 0.2) is 35.0 Å². The van der Waals surface area contributed by atoms with Crippen LogP contribution in [0.5, 0.6) is 11.5 Å². The van der Waals surface area contributed by atoms with Crippen molar-refractivity contribution < 1.29 is 9.84 Å². The second-order valence-electron chi connectivity index (χ2n) is 3.72. The molecule has 5 N–H and O–H groups in total. The fourth-order valence-electron chi connectivity index (χ4n) is 1.50. The molecule has 0 saturated heterocycles. The van der Waals surface area contributed by atoms with Crippen LogP contribution in [-0.2, 0) is 6.42 Å². The third-order valence-corrected chi connectivity index (χ3v) is 2.22. The molecular formula is C13H18N4O2. The highest BCUT2D eigenvalue weighted by Crippen LogP contribution is 2.31. The van der Waals surface area contributed by atoms with Gasteiger partial charge >= 0.3 is 0 Å². The number of hydrogen-bond donors (Lipinski definition) is 3. The number of nitrogens with zero attached hydrogens (tertiary/aromatic N) is 2. The van der Waals surface area contributed by atoms with Crippen molar-refractivity contribution in [2.45, 2.75) is 13.3 Å². The van der Waals surface area contributed by atoms with Crippen LogP contribution < -0.4 is 16.2 Å². The van der Waals surface area contributed by atoms with E-state index in [1.807, 2.05) is 6.92 Å². The van der Waals surface area contributed by atoms with Crippen LogP contribution in [0, 0.1) is 0 Å². The minimum Gasteiger partial charge on any atom is -0.504 e. The molecular weight excluding hydrogens is 244 g/mol. The van der Waals surface area contributed by atoms with E-state index in [0.717, 1.165) is 5.56 Å². The van der Waals surface area contributed by atoms with Crippen LogP contribution in [0.2, 0.25) is 0 Å². The average molecular weight is 262 g/mol. The number of rotatable bonds is 6. The van der Waals surface area contributed by atoms with Gasteiger partial charge in [-0.1, -0.05) is 6.08 Å². The van der Waals surface area contributed by atoms with Crippen molar-refractivity contribution >= 4 is 12.2 Å². The topological polar surface area (TPSA) is 106 Å². The second-order valence-corrected chi connectivity index (χ2v) is 3.72. The summed E-state index contributed by atoms with van der Waals surface area (Å²) in [5.74, 6) is 0.389. The SMILES string of the molecule is C=CCc1cc(C=NN=C(N)N)cc(OCC)c1O. The Hall–Kier alpha value is -2.50. The van der Waals surface area contributed by atoms with Crippen LogP contribution in [-0.4, -0.2) is 23.9 Å². The van der Waals surface area contributed by atoms with Crippen LogP contribution >= 0.6 is 0 Å². The van der Waals surface area contributed by atoms with E-state index in [1.165, 1.54) is 6.21 Å². The van der Waals surface area contributed by atoms with E-state index in [-0.39, 0.29) is 11.7 Å². The van der Waals surface area contributed by atoms with Crippen molar-refractivity contribution in [2.75, 3.05) is 6.61 Å². The van der Waals surface area contributed by atoms with Gasteiger partial charge < -0.3 is 21.3 Å². The minimum absolute atomic E-state index is 0.112. The van der Waals surface area contributed by atoms with E-state index < -0.39 is 0 Å². The number of phenolic OH excluding ortho intramolecular Hbond substituents is 1. The van der Waals surface area contributed by atoms with E-state index >= 15 is 0 Å². The van der Waals surface area contributed by atoms with Crippen LogP contribution in [0.1, 0.15) is 18.1 Å². The summed E-state index contributed by atoms with van der Waals surface area (Å²) >= 11 is 0. The Morgan fingerprint density at radius 3 is 2.79 bits per heavy atom. The minimum atomic E-state index is -0.119. The molecule has 0 spiro atoms. The molecule has 1 aromatic rings. The lowest BCUT2D eigenvalue weighted by molar-refractivity contribution is 0.317. The second kappa shape index (κ2) is 7.05. The summed E-state index contributed by atoms with van der Waals surface area (Å²) in [6.45, 7) is 5.94. The lowest BCUT2D eigenvalue weighted by Gasteiger charge is -2.10. The monoisotopic (exact) mass is 262 g/mol. The molecule has 0 heterocycles. The van der Waals surface area contributed by atoms with E-state index in [1.54, 1.807) is 18.2 Å². The maximum Gasteiger partial charge on any atom is 0.211 e. The first kappa shape index (κ1) is 14.6. The summed E-state index contributed by atoms with van der Waals surface area (Å²) in [4.78, 5) is 0. The molecule has 0 amide bonds. The number of allylic oxidation sites excluding steroid dienone is 1. The molecule has 6 heteroatoms. The van der Waals surface area contributed by atoms with Gasteiger partial charge in [0.05, 0.1) is 12.8 Å². The number of ether oxygens (including phenoxy) is 1. The molecule has 0 atom stereocenters. The van der Waals surface area contributed by atoms with Crippen molar-refractivity contribution in [2.24, 2.45) is 21.7 Å². The standard InChI is InChI=1S/C13H18N4O2/c1-3-5-10-6-9(8-16-17-13(14)15)7-11(12(10)18)19-4-2/h3,6-8,18H,1,4-5H2,2H3,(H4,14,15,17). The quantitative estimate of drug-likeness (QED) is 0.309. The maximum atomic E-state index is 10.0. The van der Waals surface area contributed by atoms with Crippen molar-refractivity contribution in [3.63, 3.8) is 0 Å². The van der Waals surface area contributed by atoms with Gasteiger partial charge in [-0.25, -0.2) is 0 Å². The summed E-state index contributed by atoms with van der Waals surface area (Å²) < 4.78 is 5.36. The highest BCUT2D eigenvalue weighted by molar-refractivity contribution is 5.83. The largest absolute Gasteiger partial charge is 0.504 e. The predicted octanol–water partition coefficient (Wildman–Crippen LogP) is 1.13. The van der Waals surface area contributed by atoms with Gasteiger partial charge in [-0.3, -0.25) is 0 Å². The van der Waals surface area contributed by atoms with E-state index in [0.29, 0.717) is 24.3 Å². The summed E-state index contributed by atoms with van der Waals surface area (Å²) in [6, 6.07) is 3.43. The van der Waals surface area contributed by atoms with Gasteiger partial charge in [-0.15, -0.1) is 11.7 Å². The maximum absolute atomic E-state index is 10.0. The smallest absolute Gasteiger partial charge is 0.211 e. The van der Waals surface area contributed by atoms with Gasteiger partial charge in [0.1, 0.15) is 0 Å². The first-order chi connectivity index (χ1) is 9.08. The molecule has 1 rings (SSSR count). The zero-order valence-corrected chi connectivity index (χ0v) is 10.8. The number of benzene rings is 1. The van der Waals surface area contributed by atoms with Gasteiger partial charge in [0.25, 0.3) is 0 Å². The van der Waals surface area contributed by atoms with Crippen molar-refractivity contribution in [1.29, 1.82) is 0 Å². The molecule has 0 aliphatic heterocycles. The fourth-order valence-corrected chi connectivity index (χ4v) is 1.50. The molecule has 6 nitrogen and oxygen atoms in total. The van der Waals surface area contributed by atoms with Gasteiger partial charge in [-0.05, 0) is 31.0 Å². The Bertz CT molecular complexity index is 506. The molecule has 0 fully saturated rings. The van der Waals surface area contributed by atoms with E-state index in [9.17, 15) is 5.11 Å². The molecule has 0 bridgehead atoms. The van der Waals surface area contributed by atoms with Crippen LogP contribution in [0.25, 0.3) is 0 Å². The molecule has 1 aromatic carbocycles. The summed E-state index contributed by atoms with van der Waals surface area (Å²) in [7, 11) is 0. The summed E-state index contributed by atoms with van der Waals surface area (Å²) in [5.41, 5.74) is 11.8. The highest BCUT2D eigenvalue weighted by atomic mass is 16.5. The van der Waals surface area contributed by atoms with Gasteiger partial charge in [0, 0.05) is 5.56 Å². The molecule has 0 unspecified atom stereocenters. The normalized spacial score (nSPS) is 10.4. The zero-order chi connectivity index (χ0) is 14.3. The van der Waals surface area contributed by atoms with Gasteiger partial charge in [0.2, 0.25) is 5.96 Å². The number of phenols is 1. The average Bonchev–Trinajstić information content (AvgIpc) is 2.35. The third kappa shape index (κ3) is 4.34. The van der Waals surface area contributed by atoms with Crippen LogP contribution in [0.4, 0.5) is 0 Å². The van der Waals surface area contributed by atoms with Crippen molar-refractivity contribution in [3.05, 3.63) is 35.9 Å². The van der Waals surface area contributed by atoms with Crippen LogP contribution in [0.3, 0.4) is 0 Å². The number of hydrogen-bond acceptors (Lipinski definition) is 4.